The quantitative estimate of drug-likeness (QED) is 0.674. The highest BCUT2D eigenvalue weighted by molar-refractivity contribution is 9.10. The van der Waals surface area contributed by atoms with E-state index in [1.807, 2.05) is 0 Å². The Kier molecular flexibility index (Phi) is 5.74. The number of halogens is 2. The second-order valence-electron chi connectivity index (χ2n) is 4.68. The van der Waals surface area contributed by atoms with Crippen molar-refractivity contribution in [3.05, 3.63) is 63.0 Å². The average molecular weight is 427 g/mol. The number of carboxylic acids is 1. The number of anilines is 1. The molecule has 0 aliphatic rings. The molecule has 2 aromatic rings. The van der Waals surface area contributed by atoms with E-state index >= 15 is 0 Å². The smallest absolute Gasteiger partial charge is 0.326 e. The summed E-state index contributed by atoms with van der Waals surface area (Å²) in [6.45, 7) is 0. The maximum Gasteiger partial charge on any atom is 0.326 e. The van der Waals surface area contributed by atoms with Gasteiger partial charge in [-0.2, -0.15) is 0 Å². The molecule has 0 bridgehead atoms. The Morgan fingerprint density at radius 3 is 1.95 bits per heavy atom. The van der Waals surface area contributed by atoms with Gasteiger partial charge in [-0.1, -0.05) is 44.0 Å². The van der Waals surface area contributed by atoms with E-state index in [1.54, 1.807) is 48.5 Å². The van der Waals surface area contributed by atoms with Gasteiger partial charge < -0.3 is 10.4 Å². The van der Waals surface area contributed by atoms with Crippen LogP contribution >= 0.6 is 31.9 Å². The lowest BCUT2D eigenvalue weighted by Crippen LogP contribution is -2.31. The zero-order valence-corrected chi connectivity index (χ0v) is 14.6. The van der Waals surface area contributed by atoms with E-state index in [0.717, 1.165) is 8.95 Å². The van der Waals surface area contributed by atoms with Gasteiger partial charge in [0.05, 0.1) is 0 Å². The van der Waals surface area contributed by atoms with Gasteiger partial charge in [-0.3, -0.25) is 4.79 Å². The van der Waals surface area contributed by atoms with Gasteiger partial charge in [-0.25, -0.2) is 4.79 Å². The number of ketones is 1. The highest BCUT2D eigenvalue weighted by Crippen LogP contribution is 2.17. The molecule has 2 N–H and O–H groups in total. The predicted molar refractivity (Wildman–Crippen MR) is 92.3 cm³/mol. The first-order chi connectivity index (χ1) is 10.5. The van der Waals surface area contributed by atoms with E-state index in [2.05, 4.69) is 37.2 Å². The number of benzene rings is 2. The summed E-state index contributed by atoms with van der Waals surface area (Å²) in [4.78, 5) is 23.5. The topological polar surface area (TPSA) is 66.4 Å². The van der Waals surface area contributed by atoms with E-state index in [0.29, 0.717) is 11.3 Å². The molecule has 2 aromatic carbocycles. The summed E-state index contributed by atoms with van der Waals surface area (Å²) in [5.41, 5.74) is 1.14. The molecule has 114 valence electrons. The molecule has 2 rings (SSSR count). The number of Topliss-reactive ketones (excluding diaryl/α,β-unsaturated/α-hetero) is 1. The first kappa shape index (κ1) is 16.7. The molecule has 0 aliphatic carbocycles. The van der Waals surface area contributed by atoms with Crippen LogP contribution in [0.2, 0.25) is 0 Å². The normalized spacial score (nSPS) is 11.7. The molecule has 0 aliphatic heterocycles. The van der Waals surface area contributed by atoms with Gasteiger partial charge in [0, 0.05) is 26.6 Å². The second kappa shape index (κ2) is 7.56. The van der Waals surface area contributed by atoms with Crippen molar-refractivity contribution in [3.63, 3.8) is 0 Å². The van der Waals surface area contributed by atoms with Crippen LogP contribution in [-0.4, -0.2) is 22.9 Å². The van der Waals surface area contributed by atoms with E-state index < -0.39 is 12.0 Å². The third-order valence-electron chi connectivity index (χ3n) is 3.04. The van der Waals surface area contributed by atoms with Gasteiger partial charge in [0.2, 0.25) is 0 Å². The van der Waals surface area contributed by atoms with Crippen molar-refractivity contribution in [2.45, 2.75) is 12.5 Å². The summed E-state index contributed by atoms with van der Waals surface area (Å²) < 4.78 is 1.77. The van der Waals surface area contributed by atoms with Gasteiger partial charge in [-0.15, -0.1) is 0 Å². The van der Waals surface area contributed by atoms with Crippen molar-refractivity contribution in [1.82, 2.24) is 0 Å². The first-order valence-corrected chi connectivity index (χ1v) is 8.08. The zero-order valence-electron chi connectivity index (χ0n) is 11.4. The maximum absolute atomic E-state index is 12.2. The summed E-state index contributed by atoms with van der Waals surface area (Å²) in [6.07, 6.45) is -0.118. The summed E-state index contributed by atoms with van der Waals surface area (Å²) in [6, 6.07) is 13.0. The fraction of sp³-hybridized carbons (Fsp3) is 0.125. The minimum Gasteiger partial charge on any atom is -0.480 e. The monoisotopic (exact) mass is 425 g/mol. The summed E-state index contributed by atoms with van der Waals surface area (Å²) in [5, 5.41) is 12.2. The molecule has 1 atom stereocenters. The third kappa shape index (κ3) is 4.68. The Morgan fingerprint density at radius 2 is 1.45 bits per heavy atom. The van der Waals surface area contributed by atoms with Crippen LogP contribution in [0.25, 0.3) is 0 Å². The van der Waals surface area contributed by atoms with Gasteiger partial charge in [0.1, 0.15) is 6.04 Å². The lowest BCUT2D eigenvalue weighted by molar-refractivity contribution is -0.137. The Hall–Kier alpha value is -1.66. The third-order valence-corrected chi connectivity index (χ3v) is 4.10. The summed E-state index contributed by atoms with van der Waals surface area (Å²) in [7, 11) is 0. The van der Waals surface area contributed by atoms with Crippen LogP contribution in [0.15, 0.2) is 57.5 Å². The van der Waals surface area contributed by atoms with Gasteiger partial charge >= 0.3 is 5.97 Å². The van der Waals surface area contributed by atoms with Crippen molar-refractivity contribution in [2.75, 3.05) is 5.32 Å². The molecule has 0 saturated heterocycles. The van der Waals surface area contributed by atoms with E-state index in [4.69, 9.17) is 0 Å². The molecule has 4 nitrogen and oxygen atoms in total. The largest absolute Gasteiger partial charge is 0.480 e. The van der Waals surface area contributed by atoms with Crippen LogP contribution in [0.3, 0.4) is 0 Å². The van der Waals surface area contributed by atoms with Crippen molar-refractivity contribution < 1.29 is 14.7 Å². The minimum absolute atomic E-state index is 0.118. The van der Waals surface area contributed by atoms with Crippen LogP contribution in [0.4, 0.5) is 5.69 Å². The molecule has 0 heterocycles. The highest BCUT2D eigenvalue weighted by atomic mass is 79.9. The molecule has 0 saturated carbocycles. The summed E-state index contributed by atoms with van der Waals surface area (Å²) >= 11 is 6.61. The highest BCUT2D eigenvalue weighted by Gasteiger charge is 2.21. The fourth-order valence-electron chi connectivity index (χ4n) is 1.89. The van der Waals surface area contributed by atoms with E-state index in [-0.39, 0.29) is 12.2 Å². The number of carbonyl (C=O) groups excluding carboxylic acids is 1. The summed E-state index contributed by atoms with van der Waals surface area (Å²) in [5.74, 6) is -1.28. The molecule has 22 heavy (non-hydrogen) atoms. The molecule has 1 unspecified atom stereocenters. The van der Waals surface area contributed by atoms with Crippen LogP contribution in [-0.2, 0) is 4.79 Å². The number of hydrogen-bond acceptors (Lipinski definition) is 3. The molecule has 0 aromatic heterocycles. The van der Waals surface area contributed by atoms with Crippen molar-refractivity contribution in [3.8, 4) is 0 Å². The standard InChI is InChI=1S/C16H13Br2NO3/c17-11-3-1-10(2-4-11)15(20)9-14(16(21)22)19-13-7-5-12(18)6-8-13/h1-8,14,19H,9H2,(H,21,22). The fourth-order valence-corrected chi connectivity index (χ4v) is 2.42. The van der Waals surface area contributed by atoms with Gasteiger partial charge in [-0.05, 0) is 36.4 Å². The van der Waals surface area contributed by atoms with Crippen LogP contribution < -0.4 is 5.32 Å². The molecule has 0 spiro atoms. The minimum atomic E-state index is -1.06. The zero-order chi connectivity index (χ0) is 16.1. The number of nitrogens with one attached hydrogen (secondary N) is 1. The molecular weight excluding hydrogens is 414 g/mol. The van der Waals surface area contributed by atoms with Crippen molar-refractivity contribution in [2.24, 2.45) is 0 Å². The van der Waals surface area contributed by atoms with Crippen LogP contribution in [0.1, 0.15) is 16.8 Å². The molecule has 0 amide bonds. The predicted octanol–water partition coefficient (Wildman–Crippen LogP) is 4.35. The number of carboxylic acid groups (broad SMARTS) is 1. The Morgan fingerprint density at radius 1 is 0.955 bits per heavy atom. The molecule has 0 fully saturated rings. The Bertz CT molecular complexity index is 669. The van der Waals surface area contributed by atoms with Crippen LogP contribution in [0.5, 0.6) is 0 Å². The number of carbonyl (C=O) groups is 2. The van der Waals surface area contributed by atoms with Gasteiger partial charge in [0.25, 0.3) is 0 Å². The molecule has 6 heteroatoms. The Labute approximate surface area is 144 Å². The number of hydrogen-bond donors (Lipinski definition) is 2. The number of rotatable bonds is 6. The molecular formula is C16H13Br2NO3. The maximum atomic E-state index is 12.2. The van der Waals surface area contributed by atoms with Crippen molar-refractivity contribution in [1.29, 1.82) is 0 Å². The number of aliphatic carboxylic acids is 1. The lowest BCUT2D eigenvalue weighted by Gasteiger charge is -2.15. The SMILES string of the molecule is O=C(CC(Nc1ccc(Br)cc1)C(=O)O)c1ccc(Br)cc1. The lowest BCUT2D eigenvalue weighted by atomic mass is 10.0. The van der Waals surface area contributed by atoms with E-state index in [9.17, 15) is 14.7 Å². The Balaban J connectivity index is 2.08. The van der Waals surface area contributed by atoms with E-state index in [1.165, 1.54) is 0 Å². The van der Waals surface area contributed by atoms with Gasteiger partial charge in [0.15, 0.2) is 5.78 Å². The molecule has 0 radical (unpaired) electrons. The van der Waals surface area contributed by atoms with Crippen molar-refractivity contribution >= 4 is 49.3 Å². The average Bonchev–Trinajstić information content (AvgIpc) is 2.49. The first-order valence-electron chi connectivity index (χ1n) is 6.49. The van der Waals surface area contributed by atoms with Crippen LogP contribution in [0, 0.1) is 0 Å². The second-order valence-corrected chi connectivity index (χ2v) is 6.51.